The van der Waals surface area contributed by atoms with Crippen molar-refractivity contribution in [2.45, 2.75) is 12.5 Å². The molecule has 3 aromatic rings. The van der Waals surface area contributed by atoms with Gasteiger partial charge in [0.15, 0.2) is 0 Å². The quantitative estimate of drug-likeness (QED) is 0.794. The Balaban J connectivity index is 1.91. The van der Waals surface area contributed by atoms with E-state index >= 15 is 0 Å². The van der Waals surface area contributed by atoms with Crippen LogP contribution in [0.4, 0.5) is 0 Å². The number of benzene rings is 1. The van der Waals surface area contributed by atoms with Gasteiger partial charge < -0.3 is 5.32 Å². The van der Waals surface area contributed by atoms with Gasteiger partial charge in [-0.1, -0.05) is 18.2 Å². The van der Waals surface area contributed by atoms with Crippen LogP contribution in [0.25, 0.3) is 10.1 Å². The Morgan fingerprint density at radius 3 is 3.00 bits per heavy atom. The zero-order valence-corrected chi connectivity index (χ0v) is 11.6. The molecular formula is C13H13N3S2. The number of nitrogens with zero attached hydrogens (tertiary/aromatic N) is 2. The number of fused-ring (bicyclic) bond motifs is 1. The molecule has 3 nitrogen and oxygen atoms in total. The molecule has 0 aliphatic rings. The SMILES string of the molecule is CNC(Cc1csc2ccccc12)c1cnsn1. The van der Waals surface area contributed by atoms with Crippen LogP contribution in [0.1, 0.15) is 17.3 Å². The Morgan fingerprint density at radius 1 is 1.33 bits per heavy atom. The third kappa shape index (κ3) is 2.16. The summed E-state index contributed by atoms with van der Waals surface area (Å²) in [5, 5.41) is 6.91. The summed E-state index contributed by atoms with van der Waals surface area (Å²) >= 11 is 3.06. The van der Waals surface area contributed by atoms with Crippen LogP contribution in [0.3, 0.4) is 0 Å². The van der Waals surface area contributed by atoms with Crippen molar-refractivity contribution in [1.82, 2.24) is 14.1 Å². The zero-order chi connectivity index (χ0) is 12.4. The summed E-state index contributed by atoms with van der Waals surface area (Å²) in [7, 11) is 1.97. The lowest BCUT2D eigenvalue weighted by Gasteiger charge is -2.12. The highest BCUT2D eigenvalue weighted by atomic mass is 32.1. The van der Waals surface area contributed by atoms with E-state index in [0.717, 1.165) is 12.1 Å². The second-order valence-electron chi connectivity index (χ2n) is 4.13. The van der Waals surface area contributed by atoms with Crippen molar-refractivity contribution in [3.05, 3.63) is 47.1 Å². The Bertz CT molecular complexity index is 631. The molecule has 2 heterocycles. The monoisotopic (exact) mass is 275 g/mol. The molecule has 0 saturated heterocycles. The second kappa shape index (κ2) is 5.14. The van der Waals surface area contributed by atoms with Gasteiger partial charge in [-0.05, 0) is 35.9 Å². The average molecular weight is 275 g/mol. The minimum Gasteiger partial charge on any atom is -0.311 e. The topological polar surface area (TPSA) is 37.8 Å². The van der Waals surface area contributed by atoms with Crippen LogP contribution in [0.5, 0.6) is 0 Å². The van der Waals surface area contributed by atoms with Crippen LogP contribution in [0.15, 0.2) is 35.8 Å². The fraction of sp³-hybridized carbons (Fsp3) is 0.231. The van der Waals surface area contributed by atoms with Crippen LogP contribution in [0.2, 0.25) is 0 Å². The van der Waals surface area contributed by atoms with E-state index in [0.29, 0.717) is 0 Å². The van der Waals surface area contributed by atoms with Gasteiger partial charge in [-0.3, -0.25) is 0 Å². The summed E-state index contributed by atoms with van der Waals surface area (Å²) in [5.41, 5.74) is 2.40. The molecule has 1 unspecified atom stereocenters. The number of rotatable bonds is 4. The minimum absolute atomic E-state index is 0.238. The highest BCUT2D eigenvalue weighted by molar-refractivity contribution is 7.17. The van der Waals surface area contributed by atoms with E-state index < -0.39 is 0 Å². The van der Waals surface area contributed by atoms with Crippen molar-refractivity contribution >= 4 is 33.2 Å². The maximum atomic E-state index is 4.32. The summed E-state index contributed by atoms with van der Waals surface area (Å²) < 4.78 is 9.74. The Hall–Kier alpha value is -1.30. The number of nitrogens with one attached hydrogen (secondary N) is 1. The highest BCUT2D eigenvalue weighted by Gasteiger charge is 2.15. The number of likely N-dealkylation sites (N-methyl/N-ethyl adjacent to an activating group) is 1. The second-order valence-corrected chi connectivity index (χ2v) is 5.60. The van der Waals surface area contributed by atoms with Gasteiger partial charge in [0, 0.05) is 4.70 Å². The molecule has 1 N–H and O–H groups in total. The maximum absolute atomic E-state index is 4.32. The summed E-state index contributed by atoms with van der Waals surface area (Å²) in [4.78, 5) is 0. The van der Waals surface area contributed by atoms with E-state index in [4.69, 9.17) is 0 Å². The van der Waals surface area contributed by atoms with Gasteiger partial charge in [-0.25, -0.2) is 0 Å². The zero-order valence-electron chi connectivity index (χ0n) is 9.96. The lowest BCUT2D eigenvalue weighted by atomic mass is 10.0. The first-order valence-electron chi connectivity index (χ1n) is 5.78. The Morgan fingerprint density at radius 2 is 2.22 bits per heavy atom. The predicted octanol–water partition coefficient (Wildman–Crippen LogP) is 3.26. The maximum Gasteiger partial charge on any atom is 0.0915 e. The lowest BCUT2D eigenvalue weighted by molar-refractivity contribution is 0.583. The molecule has 0 spiro atoms. The van der Waals surface area contributed by atoms with Gasteiger partial charge in [-0.2, -0.15) is 8.75 Å². The van der Waals surface area contributed by atoms with E-state index in [-0.39, 0.29) is 6.04 Å². The van der Waals surface area contributed by atoms with Crippen molar-refractivity contribution in [3.8, 4) is 0 Å². The molecular weight excluding hydrogens is 262 g/mol. The smallest absolute Gasteiger partial charge is 0.0915 e. The molecule has 0 amide bonds. The molecule has 0 bridgehead atoms. The summed E-state index contributed by atoms with van der Waals surface area (Å²) in [6, 6.07) is 8.77. The van der Waals surface area contributed by atoms with E-state index in [2.05, 4.69) is 43.7 Å². The van der Waals surface area contributed by atoms with Crippen LogP contribution in [0, 0.1) is 0 Å². The van der Waals surface area contributed by atoms with Crippen molar-refractivity contribution in [1.29, 1.82) is 0 Å². The first-order valence-corrected chi connectivity index (χ1v) is 7.39. The standard InChI is InChI=1S/C13H13N3S2/c1-14-11(12-7-15-18-16-12)6-9-8-17-13-5-3-2-4-10(9)13/h2-5,7-8,11,14H,6H2,1H3. The van der Waals surface area contributed by atoms with Crippen molar-refractivity contribution in [2.75, 3.05) is 7.05 Å². The minimum atomic E-state index is 0.238. The van der Waals surface area contributed by atoms with E-state index in [9.17, 15) is 0 Å². The third-order valence-corrected chi connectivity index (χ3v) is 4.57. The van der Waals surface area contributed by atoms with Crippen LogP contribution >= 0.6 is 23.1 Å². The number of aromatic nitrogens is 2. The largest absolute Gasteiger partial charge is 0.311 e. The summed E-state index contributed by atoms with van der Waals surface area (Å²) in [5.74, 6) is 0. The van der Waals surface area contributed by atoms with Crippen molar-refractivity contribution in [2.24, 2.45) is 0 Å². The van der Waals surface area contributed by atoms with Gasteiger partial charge in [0.1, 0.15) is 0 Å². The predicted molar refractivity (Wildman–Crippen MR) is 77.2 cm³/mol. The molecule has 1 aromatic carbocycles. The van der Waals surface area contributed by atoms with Crippen molar-refractivity contribution in [3.63, 3.8) is 0 Å². The number of thiophene rings is 1. The molecule has 3 rings (SSSR count). The number of hydrogen-bond acceptors (Lipinski definition) is 5. The van der Waals surface area contributed by atoms with E-state index in [1.165, 1.54) is 27.4 Å². The molecule has 0 saturated carbocycles. The first kappa shape index (κ1) is 11.8. The van der Waals surface area contributed by atoms with E-state index in [1.54, 1.807) is 11.3 Å². The fourth-order valence-electron chi connectivity index (χ4n) is 2.09. The van der Waals surface area contributed by atoms with Crippen LogP contribution in [-0.4, -0.2) is 15.8 Å². The molecule has 0 fully saturated rings. The molecule has 0 aliphatic heterocycles. The van der Waals surface area contributed by atoms with Crippen LogP contribution < -0.4 is 5.32 Å². The van der Waals surface area contributed by atoms with Crippen LogP contribution in [-0.2, 0) is 6.42 Å². The van der Waals surface area contributed by atoms with Gasteiger partial charge >= 0.3 is 0 Å². The molecule has 2 aromatic heterocycles. The van der Waals surface area contributed by atoms with Gasteiger partial charge in [0.25, 0.3) is 0 Å². The molecule has 18 heavy (non-hydrogen) atoms. The highest BCUT2D eigenvalue weighted by Crippen LogP contribution is 2.29. The van der Waals surface area contributed by atoms with Gasteiger partial charge in [0.2, 0.25) is 0 Å². The Labute approximate surface area is 114 Å². The normalized spacial score (nSPS) is 12.9. The molecule has 0 radical (unpaired) electrons. The summed E-state index contributed by atoms with van der Waals surface area (Å²) in [6.45, 7) is 0. The lowest BCUT2D eigenvalue weighted by Crippen LogP contribution is -2.18. The molecule has 5 heteroatoms. The number of hydrogen-bond donors (Lipinski definition) is 1. The van der Waals surface area contributed by atoms with Gasteiger partial charge in [0.05, 0.1) is 29.7 Å². The fourth-order valence-corrected chi connectivity index (χ4v) is 3.54. The summed E-state index contributed by atoms with van der Waals surface area (Å²) in [6.07, 6.45) is 2.80. The molecule has 1 atom stereocenters. The van der Waals surface area contributed by atoms with E-state index in [1.807, 2.05) is 13.2 Å². The first-order chi connectivity index (χ1) is 8.88. The molecule has 0 aliphatic carbocycles. The third-order valence-electron chi connectivity index (χ3n) is 3.07. The van der Waals surface area contributed by atoms with Crippen molar-refractivity contribution < 1.29 is 0 Å². The molecule has 92 valence electrons. The van der Waals surface area contributed by atoms with Gasteiger partial charge in [-0.15, -0.1) is 11.3 Å². The Kier molecular flexibility index (Phi) is 3.36. The average Bonchev–Trinajstić information content (AvgIpc) is 3.06.